The number of H-pyrrole nitrogens is 1. The summed E-state index contributed by atoms with van der Waals surface area (Å²) >= 11 is 0. The minimum atomic E-state index is -0.0318. The van der Waals surface area contributed by atoms with Gasteiger partial charge in [-0.15, -0.1) is 0 Å². The van der Waals surface area contributed by atoms with Crippen LogP contribution in [0.4, 0.5) is 5.82 Å². The Morgan fingerprint density at radius 2 is 2.22 bits per heavy atom. The van der Waals surface area contributed by atoms with Crippen molar-refractivity contribution in [3.8, 4) is 0 Å². The molecule has 1 heterocycles. The fourth-order valence-corrected chi connectivity index (χ4v) is 2.39. The molecule has 1 unspecified atom stereocenters. The third-order valence-electron chi connectivity index (χ3n) is 3.88. The van der Waals surface area contributed by atoms with Gasteiger partial charge in [0.1, 0.15) is 11.6 Å². The number of rotatable bonds is 6. The van der Waals surface area contributed by atoms with Crippen LogP contribution in [0.25, 0.3) is 0 Å². The Morgan fingerprint density at radius 3 is 2.83 bits per heavy atom. The molecule has 1 aromatic heterocycles. The van der Waals surface area contributed by atoms with Crippen LogP contribution < -0.4 is 10.9 Å². The van der Waals surface area contributed by atoms with Gasteiger partial charge < -0.3 is 10.3 Å². The fraction of sp³-hybridized carbons (Fsp3) is 0.714. The van der Waals surface area contributed by atoms with E-state index in [1.807, 2.05) is 0 Å². The molecule has 0 radical (unpaired) electrons. The predicted molar refractivity (Wildman–Crippen MR) is 71.9 cm³/mol. The first-order valence-electron chi connectivity index (χ1n) is 7.12. The zero-order valence-electron chi connectivity index (χ0n) is 10.9. The SMILES string of the molecule is CCC(CC1CC1)Nc1cc(=O)[nH]c(C2CC2)n1. The van der Waals surface area contributed by atoms with Crippen molar-refractivity contribution in [2.45, 2.75) is 57.4 Å². The van der Waals surface area contributed by atoms with Gasteiger partial charge in [0.05, 0.1) is 0 Å². The third kappa shape index (κ3) is 2.92. The first kappa shape index (κ1) is 11.8. The van der Waals surface area contributed by atoms with Crippen LogP contribution in [0.2, 0.25) is 0 Å². The molecular weight excluding hydrogens is 226 g/mol. The molecule has 4 heteroatoms. The second-order valence-corrected chi connectivity index (χ2v) is 5.72. The number of nitrogens with one attached hydrogen (secondary N) is 2. The van der Waals surface area contributed by atoms with Crippen molar-refractivity contribution in [3.05, 3.63) is 22.2 Å². The maximum absolute atomic E-state index is 11.6. The third-order valence-corrected chi connectivity index (χ3v) is 3.88. The Bertz CT molecular complexity index is 474. The molecule has 0 amide bonds. The Hall–Kier alpha value is -1.32. The van der Waals surface area contributed by atoms with Crippen LogP contribution in [0.1, 0.15) is 57.2 Å². The minimum Gasteiger partial charge on any atom is -0.367 e. The van der Waals surface area contributed by atoms with Crippen LogP contribution in [0.15, 0.2) is 10.9 Å². The van der Waals surface area contributed by atoms with Crippen molar-refractivity contribution in [3.63, 3.8) is 0 Å². The molecule has 2 fully saturated rings. The van der Waals surface area contributed by atoms with E-state index in [2.05, 4.69) is 22.2 Å². The molecular formula is C14H21N3O. The summed E-state index contributed by atoms with van der Waals surface area (Å²) < 4.78 is 0. The highest BCUT2D eigenvalue weighted by Gasteiger charge is 2.27. The predicted octanol–water partition coefficient (Wildman–Crippen LogP) is 2.64. The van der Waals surface area contributed by atoms with Crippen molar-refractivity contribution in [2.24, 2.45) is 5.92 Å². The van der Waals surface area contributed by atoms with Crippen LogP contribution >= 0.6 is 0 Å². The number of aromatic amines is 1. The smallest absolute Gasteiger partial charge is 0.252 e. The highest BCUT2D eigenvalue weighted by atomic mass is 16.1. The Kier molecular flexibility index (Phi) is 3.10. The lowest BCUT2D eigenvalue weighted by molar-refractivity contribution is 0.584. The molecule has 4 nitrogen and oxygen atoms in total. The molecule has 2 aliphatic rings. The number of anilines is 1. The number of aromatic nitrogens is 2. The van der Waals surface area contributed by atoms with Crippen molar-refractivity contribution in [1.82, 2.24) is 9.97 Å². The van der Waals surface area contributed by atoms with Crippen molar-refractivity contribution in [2.75, 3.05) is 5.32 Å². The molecule has 2 N–H and O–H groups in total. The Morgan fingerprint density at radius 1 is 1.44 bits per heavy atom. The molecule has 2 aliphatic carbocycles. The van der Waals surface area contributed by atoms with Gasteiger partial charge in [-0.05, 0) is 31.6 Å². The lowest BCUT2D eigenvalue weighted by Gasteiger charge is -2.17. The van der Waals surface area contributed by atoms with Gasteiger partial charge in [-0.1, -0.05) is 19.8 Å². The second kappa shape index (κ2) is 4.75. The summed E-state index contributed by atoms with van der Waals surface area (Å²) in [5.74, 6) is 3.01. The highest BCUT2D eigenvalue weighted by molar-refractivity contribution is 5.35. The quantitative estimate of drug-likeness (QED) is 0.812. The van der Waals surface area contributed by atoms with E-state index < -0.39 is 0 Å². The van der Waals surface area contributed by atoms with Crippen molar-refractivity contribution < 1.29 is 0 Å². The number of hydrogen-bond donors (Lipinski definition) is 2. The van der Waals surface area contributed by atoms with Crippen LogP contribution in [0, 0.1) is 5.92 Å². The summed E-state index contributed by atoms with van der Waals surface area (Å²) in [6.07, 6.45) is 7.35. The topological polar surface area (TPSA) is 57.8 Å². The monoisotopic (exact) mass is 247 g/mol. The lowest BCUT2D eigenvalue weighted by atomic mass is 10.1. The Balaban J connectivity index is 1.71. The summed E-state index contributed by atoms with van der Waals surface area (Å²) in [6, 6.07) is 2.04. The van der Waals surface area contributed by atoms with E-state index in [1.54, 1.807) is 6.07 Å². The molecule has 0 bridgehead atoms. The maximum Gasteiger partial charge on any atom is 0.252 e. The van der Waals surface area contributed by atoms with Crippen LogP contribution in [0.5, 0.6) is 0 Å². The summed E-state index contributed by atoms with van der Waals surface area (Å²) in [7, 11) is 0. The van der Waals surface area contributed by atoms with Crippen LogP contribution in [-0.4, -0.2) is 16.0 Å². The zero-order chi connectivity index (χ0) is 12.5. The van der Waals surface area contributed by atoms with Crippen LogP contribution in [-0.2, 0) is 0 Å². The molecule has 0 aliphatic heterocycles. The molecule has 2 saturated carbocycles. The molecule has 0 aromatic carbocycles. The van der Waals surface area contributed by atoms with E-state index >= 15 is 0 Å². The molecule has 3 rings (SSSR count). The standard InChI is InChI=1S/C14H21N3O/c1-2-11(7-9-3-4-9)15-12-8-13(18)17-14(16-12)10-5-6-10/h8-11H,2-7H2,1H3,(H2,15,16,17,18). The van der Waals surface area contributed by atoms with Gasteiger partial charge in [-0.3, -0.25) is 4.79 Å². The van der Waals surface area contributed by atoms with Gasteiger partial charge in [-0.25, -0.2) is 4.98 Å². The lowest BCUT2D eigenvalue weighted by Crippen LogP contribution is -2.22. The summed E-state index contributed by atoms with van der Waals surface area (Å²) in [4.78, 5) is 19.0. The van der Waals surface area contributed by atoms with E-state index in [0.29, 0.717) is 12.0 Å². The summed E-state index contributed by atoms with van der Waals surface area (Å²) in [5, 5.41) is 3.43. The van der Waals surface area contributed by atoms with Gasteiger partial charge in [-0.2, -0.15) is 0 Å². The minimum absolute atomic E-state index is 0.0318. The van der Waals surface area contributed by atoms with E-state index in [4.69, 9.17) is 0 Å². The van der Waals surface area contributed by atoms with Gasteiger partial charge in [0, 0.05) is 18.0 Å². The van der Waals surface area contributed by atoms with E-state index in [9.17, 15) is 4.79 Å². The number of hydrogen-bond acceptors (Lipinski definition) is 3. The molecule has 18 heavy (non-hydrogen) atoms. The average molecular weight is 247 g/mol. The fourth-order valence-electron chi connectivity index (χ4n) is 2.39. The van der Waals surface area contributed by atoms with E-state index in [-0.39, 0.29) is 5.56 Å². The summed E-state index contributed by atoms with van der Waals surface area (Å²) in [5.41, 5.74) is -0.0318. The first-order chi connectivity index (χ1) is 8.74. The van der Waals surface area contributed by atoms with Gasteiger partial charge in [0.25, 0.3) is 5.56 Å². The second-order valence-electron chi connectivity index (χ2n) is 5.72. The van der Waals surface area contributed by atoms with Gasteiger partial charge in [0.2, 0.25) is 0 Å². The number of nitrogens with zero attached hydrogens (tertiary/aromatic N) is 1. The Labute approximate surface area is 107 Å². The normalized spacial score (nSPS) is 20.7. The summed E-state index contributed by atoms with van der Waals surface area (Å²) in [6.45, 7) is 2.19. The molecule has 0 saturated heterocycles. The molecule has 1 atom stereocenters. The van der Waals surface area contributed by atoms with Gasteiger partial charge in [0.15, 0.2) is 0 Å². The zero-order valence-corrected chi connectivity index (χ0v) is 10.9. The van der Waals surface area contributed by atoms with Gasteiger partial charge >= 0.3 is 0 Å². The highest BCUT2D eigenvalue weighted by Crippen LogP contribution is 2.38. The molecule has 1 aromatic rings. The maximum atomic E-state index is 11.6. The van der Waals surface area contributed by atoms with E-state index in [1.165, 1.54) is 19.3 Å². The van der Waals surface area contributed by atoms with E-state index in [0.717, 1.165) is 36.8 Å². The van der Waals surface area contributed by atoms with Crippen molar-refractivity contribution in [1.29, 1.82) is 0 Å². The average Bonchev–Trinajstić information content (AvgIpc) is 3.20. The first-order valence-corrected chi connectivity index (χ1v) is 7.12. The van der Waals surface area contributed by atoms with Crippen molar-refractivity contribution >= 4 is 5.82 Å². The van der Waals surface area contributed by atoms with Crippen LogP contribution in [0.3, 0.4) is 0 Å². The molecule has 98 valence electrons. The largest absolute Gasteiger partial charge is 0.367 e. The molecule has 0 spiro atoms.